The average molecular weight is 276 g/mol. The Labute approximate surface area is 120 Å². The van der Waals surface area contributed by atoms with E-state index < -0.39 is 0 Å². The Balaban J connectivity index is 2.05. The van der Waals surface area contributed by atoms with Crippen LogP contribution < -0.4 is 15.4 Å². The van der Waals surface area contributed by atoms with E-state index in [4.69, 9.17) is 4.74 Å². The largest absolute Gasteiger partial charge is 0.482 e. The van der Waals surface area contributed by atoms with Crippen LogP contribution in [-0.2, 0) is 4.79 Å². The zero-order valence-electron chi connectivity index (χ0n) is 12.7. The molecule has 0 radical (unpaired) electrons. The Hall–Kier alpha value is -1.55. The number of fused-ring (bicyclic) bond motifs is 1. The summed E-state index contributed by atoms with van der Waals surface area (Å²) in [5.41, 5.74) is 2.21. The Morgan fingerprint density at radius 1 is 1.45 bits per heavy atom. The van der Waals surface area contributed by atoms with Gasteiger partial charge in [-0.2, -0.15) is 0 Å². The Bertz CT molecular complexity index is 497. The second-order valence-corrected chi connectivity index (χ2v) is 6.21. The molecule has 1 unspecified atom stereocenters. The normalized spacial score (nSPS) is 16.1. The molecule has 1 aliphatic heterocycles. The summed E-state index contributed by atoms with van der Waals surface area (Å²) in [6, 6.07) is 6.20. The number of hydrogen-bond donors (Lipinski definition) is 2. The van der Waals surface area contributed by atoms with Crippen LogP contribution in [-0.4, -0.2) is 19.1 Å². The number of nitrogens with one attached hydrogen (secondary N) is 2. The van der Waals surface area contributed by atoms with Gasteiger partial charge in [0.15, 0.2) is 6.61 Å². The van der Waals surface area contributed by atoms with Gasteiger partial charge in [-0.1, -0.05) is 26.8 Å². The Morgan fingerprint density at radius 3 is 2.90 bits per heavy atom. The van der Waals surface area contributed by atoms with E-state index in [0.29, 0.717) is 5.41 Å². The van der Waals surface area contributed by atoms with Gasteiger partial charge in [0.2, 0.25) is 0 Å². The van der Waals surface area contributed by atoms with E-state index in [1.54, 1.807) is 0 Å². The predicted octanol–water partition coefficient (Wildman–Crippen LogP) is 3.10. The highest BCUT2D eigenvalue weighted by molar-refractivity contribution is 5.95. The van der Waals surface area contributed by atoms with Gasteiger partial charge in [0.05, 0.1) is 5.69 Å². The smallest absolute Gasteiger partial charge is 0.262 e. The zero-order chi connectivity index (χ0) is 14.8. The number of hydrogen-bond acceptors (Lipinski definition) is 3. The molecule has 0 saturated carbocycles. The van der Waals surface area contributed by atoms with Gasteiger partial charge in [-0.05, 0) is 36.5 Å². The molecule has 1 atom stereocenters. The van der Waals surface area contributed by atoms with Gasteiger partial charge in [-0.15, -0.1) is 0 Å². The highest BCUT2D eigenvalue weighted by Gasteiger charge is 2.19. The van der Waals surface area contributed by atoms with Crippen LogP contribution in [0.1, 0.15) is 45.7 Å². The third-order valence-corrected chi connectivity index (χ3v) is 3.98. The van der Waals surface area contributed by atoms with Gasteiger partial charge in [0.1, 0.15) is 5.75 Å². The Kier molecular flexibility index (Phi) is 4.33. The molecule has 0 aromatic heterocycles. The first-order valence-electron chi connectivity index (χ1n) is 7.21. The first kappa shape index (κ1) is 14.9. The minimum Gasteiger partial charge on any atom is -0.482 e. The van der Waals surface area contributed by atoms with Crippen molar-refractivity contribution in [1.82, 2.24) is 5.32 Å². The molecule has 2 N–H and O–H groups in total. The summed E-state index contributed by atoms with van der Waals surface area (Å²) < 4.78 is 5.37. The lowest BCUT2D eigenvalue weighted by Crippen LogP contribution is -2.31. The number of carbonyl (C=O) groups is 1. The minimum absolute atomic E-state index is 0.0950. The molecule has 1 heterocycles. The van der Waals surface area contributed by atoms with E-state index in [0.717, 1.165) is 30.0 Å². The number of carbonyl (C=O) groups excluding carboxylic acids is 1. The fourth-order valence-electron chi connectivity index (χ4n) is 2.04. The van der Waals surface area contributed by atoms with Crippen LogP contribution in [0.25, 0.3) is 0 Å². The number of benzene rings is 1. The van der Waals surface area contributed by atoms with Crippen molar-refractivity contribution in [3.05, 3.63) is 23.8 Å². The van der Waals surface area contributed by atoms with E-state index in [1.807, 2.05) is 18.2 Å². The second-order valence-electron chi connectivity index (χ2n) is 6.21. The summed E-state index contributed by atoms with van der Waals surface area (Å²) in [5, 5.41) is 6.40. The standard InChI is InChI=1S/C16H24N2O2/c1-5-16(3,4)10-17-11(2)12-6-7-14-13(8-12)18-15(19)9-20-14/h6-8,11,17H,5,9-10H2,1-4H3,(H,18,19). The summed E-state index contributed by atoms with van der Waals surface area (Å²) in [6.07, 6.45) is 1.14. The predicted molar refractivity (Wildman–Crippen MR) is 81.1 cm³/mol. The summed E-state index contributed by atoms with van der Waals surface area (Å²) in [5.74, 6) is 0.650. The number of rotatable bonds is 5. The molecular formula is C16H24N2O2. The van der Waals surface area contributed by atoms with Crippen molar-refractivity contribution in [1.29, 1.82) is 0 Å². The minimum atomic E-state index is -0.0950. The molecule has 4 nitrogen and oxygen atoms in total. The van der Waals surface area contributed by atoms with Crippen molar-refractivity contribution in [2.75, 3.05) is 18.5 Å². The van der Waals surface area contributed by atoms with E-state index >= 15 is 0 Å². The lowest BCUT2D eigenvalue weighted by molar-refractivity contribution is -0.118. The lowest BCUT2D eigenvalue weighted by atomic mass is 9.90. The zero-order valence-corrected chi connectivity index (χ0v) is 12.7. The van der Waals surface area contributed by atoms with Crippen LogP contribution in [0, 0.1) is 5.41 Å². The van der Waals surface area contributed by atoms with E-state index in [9.17, 15) is 4.79 Å². The first-order valence-corrected chi connectivity index (χ1v) is 7.21. The molecule has 20 heavy (non-hydrogen) atoms. The maximum atomic E-state index is 11.4. The third kappa shape index (κ3) is 3.51. The summed E-state index contributed by atoms with van der Waals surface area (Å²) in [4.78, 5) is 11.4. The molecule has 0 bridgehead atoms. The van der Waals surface area contributed by atoms with Gasteiger partial charge in [0.25, 0.3) is 5.91 Å². The van der Waals surface area contributed by atoms with Crippen molar-refractivity contribution in [3.63, 3.8) is 0 Å². The summed E-state index contributed by atoms with van der Waals surface area (Å²) in [7, 11) is 0. The van der Waals surface area contributed by atoms with Gasteiger partial charge >= 0.3 is 0 Å². The van der Waals surface area contributed by atoms with Crippen LogP contribution >= 0.6 is 0 Å². The average Bonchev–Trinajstić information content (AvgIpc) is 2.44. The topological polar surface area (TPSA) is 50.4 Å². The van der Waals surface area contributed by atoms with Crippen LogP contribution in [0.3, 0.4) is 0 Å². The quantitative estimate of drug-likeness (QED) is 0.869. The van der Waals surface area contributed by atoms with Gasteiger partial charge in [0, 0.05) is 12.6 Å². The SMILES string of the molecule is CCC(C)(C)CNC(C)c1ccc2c(c1)NC(=O)CO2. The number of ether oxygens (including phenoxy) is 1. The summed E-state index contributed by atoms with van der Waals surface area (Å²) in [6.45, 7) is 9.92. The maximum Gasteiger partial charge on any atom is 0.262 e. The van der Waals surface area contributed by atoms with Crippen molar-refractivity contribution in [2.45, 2.75) is 40.2 Å². The highest BCUT2D eigenvalue weighted by Crippen LogP contribution is 2.30. The van der Waals surface area contributed by atoms with Crippen LogP contribution in [0.15, 0.2) is 18.2 Å². The molecule has 0 aliphatic carbocycles. The maximum absolute atomic E-state index is 11.4. The van der Waals surface area contributed by atoms with Crippen LogP contribution in [0.4, 0.5) is 5.69 Å². The second kappa shape index (κ2) is 5.83. The monoisotopic (exact) mass is 276 g/mol. The van der Waals surface area contributed by atoms with E-state index in [1.165, 1.54) is 0 Å². The van der Waals surface area contributed by atoms with Crippen molar-refractivity contribution in [2.24, 2.45) is 5.41 Å². The lowest BCUT2D eigenvalue weighted by Gasteiger charge is -2.26. The van der Waals surface area contributed by atoms with Gasteiger partial charge < -0.3 is 15.4 Å². The fraction of sp³-hybridized carbons (Fsp3) is 0.562. The van der Waals surface area contributed by atoms with Gasteiger partial charge in [-0.3, -0.25) is 4.79 Å². The van der Waals surface area contributed by atoms with Crippen LogP contribution in [0.2, 0.25) is 0 Å². The highest BCUT2D eigenvalue weighted by atomic mass is 16.5. The molecular weight excluding hydrogens is 252 g/mol. The summed E-state index contributed by atoms with van der Waals surface area (Å²) >= 11 is 0. The molecule has 0 fully saturated rings. The molecule has 1 aromatic rings. The van der Waals surface area contributed by atoms with E-state index in [2.05, 4.69) is 38.3 Å². The van der Waals surface area contributed by atoms with Crippen molar-refractivity contribution >= 4 is 11.6 Å². The molecule has 0 spiro atoms. The third-order valence-electron chi connectivity index (χ3n) is 3.98. The molecule has 4 heteroatoms. The number of amides is 1. The van der Waals surface area contributed by atoms with Crippen molar-refractivity contribution in [3.8, 4) is 5.75 Å². The van der Waals surface area contributed by atoms with Gasteiger partial charge in [-0.25, -0.2) is 0 Å². The van der Waals surface area contributed by atoms with Crippen molar-refractivity contribution < 1.29 is 9.53 Å². The van der Waals surface area contributed by atoms with E-state index in [-0.39, 0.29) is 18.6 Å². The molecule has 1 amide bonds. The number of anilines is 1. The first-order chi connectivity index (χ1) is 9.41. The fourth-order valence-corrected chi connectivity index (χ4v) is 2.04. The molecule has 1 aliphatic rings. The molecule has 2 rings (SSSR count). The Morgan fingerprint density at radius 2 is 2.20 bits per heavy atom. The molecule has 110 valence electrons. The van der Waals surface area contributed by atoms with Crippen LogP contribution in [0.5, 0.6) is 5.75 Å². The molecule has 0 saturated heterocycles. The molecule has 1 aromatic carbocycles.